The second kappa shape index (κ2) is 14.6. The van der Waals surface area contributed by atoms with Crippen LogP contribution in [0.5, 0.6) is 0 Å². The summed E-state index contributed by atoms with van der Waals surface area (Å²) in [7, 11) is 0. The van der Waals surface area contributed by atoms with Gasteiger partial charge in [0.1, 0.15) is 0 Å². The standard InChI is InChI=1S/C30H41N3/c1-3-5-7-9-10-11-13-15-26-23-32-30(33-24-26)28-19-17-27(18-20-28)29-21-16-25(22-31-29)14-12-8-6-4-2/h16-24H,3-15H2,1-2H3. The fourth-order valence-electron chi connectivity index (χ4n) is 4.21. The lowest BCUT2D eigenvalue weighted by Crippen LogP contribution is -1.94. The van der Waals surface area contributed by atoms with Crippen LogP contribution in [-0.2, 0) is 12.8 Å². The molecule has 2 heterocycles. The van der Waals surface area contributed by atoms with E-state index in [9.17, 15) is 0 Å². The van der Waals surface area contributed by atoms with E-state index in [1.807, 2.05) is 18.6 Å². The molecule has 0 saturated carbocycles. The normalized spacial score (nSPS) is 11.1. The molecule has 3 heteroatoms. The van der Waals surface area contributed by atoms with Crippen LogP contribution in [0.15, 0.2) is 55.0 Å². The Morgan fingerprint density at radius 2 is 1.00 bits per heavy atom. The third-order valence-corrected chi connectivity index (χ3v) is 6.36. The molecule has 0 amide bonds. The number of hydrogen-bond acceptors (Lipinski definition) is 3. The van der Waals surface area contributed by atoms with Gasteiger partial charge in [0.15, 0.2) is 5.82 Å². The van der Waals surface area contributed by atoms with Gasteiger partial charge in [-0.3, -0.25) is 4.98 Å². The predicted octanol–water partition coefficient (Wildman–Crippen LogP) is 8.62. The van der Waals surface area contributed by atoms with E-state index in [0.717, 1.165) is 35.5 Å². The highest BCUT2D eigenvalue weighted by atomic mass is 14.9. The highest BCUT2D eigenvalue weighted by Crippen LogP contribution is 2.22. The summed E-state index contributed by atoms with van der Waals surface area (Å²) in [5.41, 5.74) is 5.77. The lowest BCUT2D eigenvalue weighted by Gasteiger charge is -2.06. The molecule has 3 nitrogen and oxygen atoms in total. The van der Waals surface area contributed by atoms with Gasteiger partial charge in [-0.1, -0.05) is 102 Å². The number of nitrogens with zero attached hydrogens (tertiary/aromatic N) is 3. The van der Waals surface area contributed by atoms with Crippen molar-refractivity contribution in [3.8, 4) is 22.6 Å². The van der Waals surface area contributed by atoms with Gasteiger partial charge in [-0.05, 0) is 42.9 Å². The minimum Gasteiger partial charge on any atom is -0.256 e. The maximum absolute atomic E-state index is 4.69. The predicted molar refractivity (Wildman–Crippen MR) is 140 cm³/mol. The number of aryl methyl sites for hydroxylation is 2. The molecular weight excluding hydrogens is 402 g/mol. The number of rotatable bonds is 15. The van der Waals surface area contributed by atoms with Gasteiger partial charge in [0.05, 0.1) is 5.69 Å². The Morgan fingerprint density at radius 1 is 0.485 bits per heavy atom. The van der Waals surface area contributed by atoms with Gasteiger partial charge in [-0.15, -0.1) is 0 Å². The van der Waals surface area contributed by atoms with E-state index in [4.69, 9.17) is 0 Å². The molecule has 0 unspecified atom stereocenters. The summed E-state index contributed by atoms with van der Waals surface area (Å²) in [4.78, 5) is 13.9. The van der Waals surface area contributed by atoms with E-state index in [2.05, 4.69) is 65.2 Å². The van der Waals surface area contributed by atoms with Crippen LogP contribution >= 0.6 is 0 Å². The zero-order valence-electron chi connectivity index (χ0n) is 20.7. The second-order valence-corrected chi connectivity index (χ2v) is 9.23. The van der Waals surface area contributed by atoms with Gasteiger partial charge < -0.3 is 0 Å². The van der Waals surface area contributed by atoms with Crippen molar-refractivity contribution < 1.29 is 0 Å². The van der Waals surface area contributed by atoms with E-state index < -0.39 is 0 Å². The summed E-state index contributed by atoms with van der Waals surface area (Å²) in [5.74, 6) is 0.792. The Balaban J connectivity index is 1.47. The summed E-state index contributed by atoms with van der Waals surface area (Å²) in [5, 5.41) is 0. The number of pyridine rings is 1. The monoisotopic (exact) mass is 443 g/mol. The van der Waals surface area contributed by atoms with Crippen LogP contribution in [-0.4, -0.2) is 15.0 Å². The minimum atomic E-state index is 0.792. The lowest BCUT2D eigenvalue weighted by atomic mass is 10.0. The first-order valence-electron chi connectivity index (χ1n) is 13.2. The van der Waals surface area contributed by atoms with Crippen LogP contribution in [0.3, 0.4) is 0 Å². The fraction of sp³-hybridized carbons (Fsp3) is 0.500. The smallest absolute Gasteiger partial charge is 0.159 e. The maximum Gasteiger partial charge on any atom is 0.159 e. The molecule has 0 aliphatic rings. The van der Waals surface area contributed by atoms with Crippen molar-refractivity contribution >= 4 is 0 Å². The fourth-order valence-corrected chi connectivity index (χ4v) is 4.21. The Bertz CT molecular complexity index is 899. The Hall–Kier alpha value is -2.55. The Kier molecular flexibility index (Phi) is 11.1. The zero-order chi connectivity index (χ0) is 23.1. The molecule has 0 fully saturated rings. The van der Waals surface area contributed by atoms with E-state index in [0.29, 0.717) is 0 Å². The number of unbranched alkanes of at least 4 members (excludes halogenated alkanes) is 9. The third-order valence-electron chi connectivity index (χ3n) is 6.36. The minimum absolute atomic E-state index is 0.792. The molecule has 0 bridgehead atoms. The SMILES string of the molecule is CCCCCCCCCc1cnc(-c2ccc(-c3ccc(CCCCCC)cn3)cc2)nc1. The number of hydrogen-bond donors (Lipinski definition) is 0. The lowest BCUT2D eigenvalue weighted by molar-refractivity contribution is 0.589. The van der Waals surface area contributed by atoms with Crippen molar-refractivity contribution in [2.45, 2.75) is 97.3 Å². The largest absolute Gasteiger partial charge is 0.256 e. The van der Waals surface area contributed by atoms with E-state index >= 15 is 0 Å². The van der Waals surface area contributed by atoms with Crippen molar-refractivity contribution in [3.05, 3.63) is 66.1 Å². The van der Waals surface area contributed by atoms with Crippen molar-refractivity contribution in [1.82, 2.24) is 15.0 Å². The van der Waals surface area contributed by atoms with E-state index in [1.54, 1.807) is 0 Å². The molecule has 0 aliphatic heterocycles. The van der Waals surface area contributed by atoms with Crippen LogP contribution < -0.4 is 0 Å². The summed E-state index contributed by atoms with van der Waals surface area (Å²) in [6.45, 7) is 4.52. The van der Waals surface area contributed by atoms with E-state index in [-0.39, 0.29) is 0 Å². The molecule has 0 aliphatic carbocycles. The molecule has 0 spiro atoms. The zero-order valence-corrected chi connectivity index (χ0v) is 20.7. The second-order valence-electron chi connectivity index (χ2n) is 9.23. The van der Waals surface area contributed by atoms with Crippen molar-refractivity contribution in [1.29, 1.82) is 0 Å². The first-order valence-corrected chi connectivity index (χ1v) is 13.2. The molecule has 3 rings (SSSR count). The average Bonchev–Trinajstić information content (AvgIpc) is 2.87. The van der Waals surface area contributed by atoms with Crippen molar-refractivity contribution in [2.75, 3.05) is 0 Å². The van der Waals surface area contributed by atoms with E-state index in [1.165, 1.54) is 81.8 Å². The quantitative estimate of drug-likeness (QED) is 0.221. The first kappa shape index (κ1) is 25.1. The average molecular weight is 444 g/mol. The van der Waals surface area contributed by atoms with Crippen LogP contribution in [0, 0.1) is 0 Å². The summed E-state index contributed by atoms with van der Waals surface area (Å²) < 4.78 is 0. The molecule has 1 aromatic carbocycles. The van der Waals surface area contributed by atoms with Crippen molar-refractivity contribution in [3.63, 3.8) is 0 Å². The highest BCUT2D eigenvalue weighted by molar-refractivity contribution is 5.65. The molecule has 33 heavy (non-hydrogen) atoms. The topological polar surface area (TPSA) is 38.7 Å². The Labute approximate surface area is 201 Å². The van der Waals surface area contributed by atoms with Crippen LogP contribution in [0.25, 0.3) is 22.6 Å². The third kappa shape index (κ3) is 8.72. The first-order chi connectivity index (χ1) is 16.3. The van der Waals surface area contributed by atoms with Crippen molar-refractivity contribution in [2.24, 2.45) is 0 Å². The summed E-state index contributed by atoms with van der Waals surface area (Å²) in [6.07, 6.45) is 22.7. The Morgan fingerprint density at radius 3 is 1.61 bits per heavy atom. The highest BCUT2D eigenvalue weighted by Gasteiger charge is 2.05. The molecule has 0 N–H and O–H groups in total. The van der Waals surface area contributed by atoms with Gasteiger partial charge in [-0.25, -0.2) is 9.97 Å². The van der Waals surface area contributed by atoms with Gasteiger partial charge in [0.25, 0.3) is 0 Å². The van der Waals surface area contributed by atoms with Gasteiger partial charge in [-0.2, -0.15) is 0 Å². The molecule has 3 aromatic rings. The van der Waals surface area contributed by atoms with Crippen LogP contribution in [0.2, 0.25) is 0 Å². The molecule has 0 atom stereocenters. The molecular formula is C30H41N3. The summed E-state index contributed by atoms with van der Waals surface area (Å²) in [6, 6.07) is 12.8. The molecule has 0 saturated heterocycles. The maximum atomic E-state index is 4.69. The van der Waals surface area contributed by atoms with Gasteiger partial charge in [0, 0.05) is 29.7 Å². The van der Waals surface area contributed by atoms with Gasteiger partial charge in [0.2, 0.25) is 0 Å². The molecule has 0 radical (unpaired) electrons. The number of benzene rings is 1. The summed E-state index contributed by atoms with van der Waals surface area (Å²) >= 11 is 0. The van der Waals surface area contributed by atoms with Gasteiger partial charge >= 0.3 is 0 Å². The molecule has 2 aromatic heterocycles. The van der Waals surface area contributed by atoms with Crippen LogP contribution in [0.1, 0.15) is 95.6 Å². The molecule has 176 valence electrons. The van der Waals surface area contributed by atoms with Crippen LogP contribution in [0.4, 0.5) is 0 Å². The number of aromatic nitrogens is 3.